The molecule has 72 valence electrons. The summed E-state index contributed by atoms with van der Waals surface area (Å²) in [6.07, 6.45) is 0.760. The maximum Gasteiger partial charge on any atom is 0.243 e. The first-order valence-corrected chi connectivity index (χ1v) is 4.92. The Morgan fingerprint density at radius 3 is 2.92 bits per heavy atom. The first-order valence-electron chi connectivity index (χ1n) is 4.92. The second-order valence-corrected chi connectivity index (χ2v) is 5.30. The molecular formula is C10H15NO2. The average molecular weight is 181 g/mol. The molecule has 4 atom stereocenters. The molecule has 2 saturated carbocycles. The van der Waals surface area contributed by atoms with Crippen LogP contribution < -0.4 is 0 Å². The molecule has 0 aromatic carbocycles. The van der Waals surface area contributed by atoms with E-state index < -0.39 is 5.79 Å². The zero-order valence-electron chi connectivity index (χ0n) is 8.24. The molecule has 3 heteroatoms. The molecule has 1 N–H and O–H groups in total. The maximum absolute atomic E-state index is 10.1. The predicted molar refractivity (Wildman–Crippen MR) is 48.0 cm³/mol. The topological polar surface area (TPSA) is 41.8 Å². The largest absolute Gasteiger partial charge is 0.360 e. The van der Waals surface area contributed by atoms with Crippen LogP contribution in [0.5, 0.6) is 0 Å². The number of oxime groups is 1. The van der Waals surface area contributed by atoms with Gasteiger partial charge in [-0.15, -0.1) is 0 Å². The fraction of sp³-hybridized carbons (Fsp3) is 0.900. The molecule has 13 heavy (non-hydrogen) atoms. The third-order valence-electron chi connectivity index (χ3n) is 4.29. The standard InChI is InChI=1S/C10H15NO2/c1-5-7-8-6(9(8,2)3)4-10(7,12)13-11-5/h6-8,12H,4H2,1-3H3/t6-,7+,8-,10-/m0/s1. The van der Waals surface area contributed by atoms with Gasteiger partial charge in [-0.25, -0.2) is 0 Å². The lowest BCUT2D eigenvalue weighted by molar-refractivity contribution is -0.208. The summed E-state index contributed by atoms with van der Waals surface area (Å²) in [7, 11) is 0. The molecule has 2 fully saturated rings. The highest BCUT2D eigenvalue weighted by Crippen LogP contribution is 2.72. The van der Waals surface area contributed by atoms with Gasteiger partial charge in [-0.1, -0.05) is 19.0 Å². The Kier molecular flexibility index (Phi) is 1.07. The summed E-state index contributed by atoms with van der Waals surface area (Å²) in [5.74, 6) is 0.429. The van der Waals surface area contributed by atoms with E-state index in [-0.39, 0.29) is 5.92 Å². The van der Waals surface area contributed by atoms with Gasteiger partial charge in [0, 0.05) is 6.42 Å². The molecule has 0 aromatic heterocycles. The SMILES string of the molecule is CC1=NO[C@@]2(O)C[C@H]3[C@@H]([C@@H]12)C3(C)C. The highest BCUT2D eigenvalue weighted by Gasteiger charge is 2.75. The van der Waals surface area contributed by atoms with E-state index >= 15 is 0 Å². The van der Waals surface area contributed by atoms with Crippen molar-refractivity contribution in [3.8, 4) is 0 Å². The number of rotatable bonds is 0. The van der Waals surface area contributed by atoms with Crippen molar-refractivity contribution in [2.75, 3.05) is 0 Å². The van der Waals surface area contributed by atoms with E-state index in [0.29, 0.717) is 17.3 Å². The Balaban J connectivity index is 1.98. The summed E-state index contributed by atoms with van der Waals surface area (Å²) in [6.45, 7) is 6.50. The fourth-order valence-electron chi connectivity index (χ4n) is 3.45. The summed E-state index contributed by atoms with van der Waals surface area (Å²) in [4.78, 5) is 5.11. The molecule has 1 heterocycles. The lowest BCUT2D eigenvalue weighted by atomic mass is 9.86. The second-order valence-electron chi connectivity index (χ2n) is 5.30. The van der Waals surface area contributed by atoms with Crippen LogP contribution in [0.3, 0.4) is 0 Å². The number of nitrogens with zero attached hydrogens (tertiary/aromatic N) is 1. The number of aliphatic hydroxyl groups is 1. The molecule has 0 saturated heterocycles. The van der Waals surface area contributed by atoms with Crippen LogP contribution in [-0.2, 0) is 4.84 Å². The van der Waals surface area contributed by atoms with Crippen molar-refractivity contribution in [2.24, 2.45) is 28.3 Å². The zero-order valence-corrected chi connectivity index (χ0v) is 8.24. The minimum Gasteiger partial charge on any atom is -0.360 e. The van der Waals surface area contributed by atoms with E-state index in [9.17, 15) is 5.11 Å². The highest BCUT2D eigenvalue weighted by atomic mass is 16.7. The van der Waals surface area contributed by atoms with E-state index in [1.165, 1.54) is 0 Å². The first kappa shape index (κ1) is 7.80. The number of hydrogen-bond donors (Lipinski definition) is 1. The normalized spacial score (nSPS) is 55.1. The summed E-state index contributed by atoms with van der Waals surface area (Å²) in [5, 5.41) is 14.0. The van der Waals surface area contributed by atoms with Crippen LogP contribution in [0.25, 0.3) is 0 Å². The van der Waals surface area contributed by atoms with Crippen molar-refractivity contribution in [2.45, 2.75) is 33.0 Å². The summed E-state index contributed by atoms with van der Waals surface area (Å²) < 4.78 is 0. The van der Waals surface area contributed by atoms with Gasteiger partial charge in [0.15, 0.2) is 0 Å². The van der Waals surface area contributed by atoms with Gasteiger partial charge >= 0.3 is 0 Å². The van der Waals surface area contributed by atoms with Gasteiger partial charge in [0.1, 0.15) is 0 Å². The van der Waals surface area contributed by atoms with Gasteiger partial charge in [0.2, 0.25) is 5.79 Å². The van der Waals surface area contributed by atoms with Crippen molar-refractivity contribution in [3.05, 3.63) is 0 Å². The van der Waals surface area contributed by atoms with Crippen molar-refractivity contribution >= 4 is 5.71 Å². The second kappa shape index (κ2) is 1.78. The molecular weight excluding hydrogens is 166 g/mol. The van der Waals surface area contributed by atoms with Crippen LogP contribution in [0.15, 0.2) is 5.16 Å². The molecule has 0 unspecified atom stereocenters. The van der Waals surface area contributed by atoms with Crippen LogP contribution in [0, 0.1) is 23.2 Å². The van der Waals surface area contributed by atoms with Gasteiger partial charge < -0.3 is 9.94 Å². The summed E-state index contributed by atoms with van der Waals surface area (Å²) >= 11 is 0. The third kappa shape index (κ3) is 0.688. The number of fused-ring (bicyclic) bond motifs is 3. The van der Waals surface area contributed by atoms with Crippen molar-refractivity contribution in [1.82, 2.24) is 0 Å². The minimum absolute atomic E-state index is 0.160. The van der Waals surface area contributed by atoms with E-state index in [1.54, 1.807) is 0 Å². The molecule has 3 nitrogen and oxygen atoms in total. The van der Waals surface area contributed by atoms with E-state index in [4.69, 9.17) is 4.84 Å². The van der Waals surface area contributed by atoms with Crippen molar-refractivity contribution in [1.29, 1.82) is 0 Å². The Bertz CT molecular complexity index is 310. The summed E-state index contributed by atoms with van der Waals surface area (Å²) in [6, 6.07) is 0. The average Bonchev–Trinajstić information content (AvgIpc) is 2.44. The predicted octanol–water partition coefficient (Wildman–Crippen LogP) is 1.37. The van der Waals surface area contributed by atoms with Crippen molar-refractivity contribution in [3.63, 3.8) is 0 Å². The van der Waals surface area contributed by atoms with Crippen molar-refractivity contribution < 1.29 is 9.94 Å². The Morgan fingerprint density at radius 2 is 2.23 bits per heavy atom. The molecule has 2 aliphatic carbocycles. The van der Waals surface area contributed by atoms with Gasteiger partial charge in [0.25, 0.3) is 0 Å². The first-order chi connectivity index (χ1) is 5.97. The molecule has 0 bridgehead atoms. The maximum atomic E-state index is 10.1. The molecule has 1 aliphatic heterocycles. The van der Waals surface area contributed by atoms with Gasteiger partial charge in [-0.2, -0.15) is 0 Å². The smallest absolute Gasteiger partial charge is 0.243 e. The van der Waals surface area contributed by atoms with Gasteiger partial charge in [-0.05, 0) is 24.2 Å². The van der Waals surface area contributed by atoms with E-state index in [2.05, 4.69) is 19.0 Å². The van der Waals surface area contributed by atoms with Crippen LogP contribution >= 0.6 is 0 Å². The third-order valence-corrected chi connectivity index (χ3v) is 4.29. The Morgan fingerprint density at radius 1 is 1.54 bits per heavy atom. The molecule has 0 amide bonds. The van der Waals surface area contributed by atoms with E-state index in [0.717, 1.165) is 12.1 Å². The lowest BCUT2D eigenvalue weighted by Gasteiger charge is -2.26. The minimum atomic E-state index is -0.949. The van der Waals surface area contributed by atoms with Crippen LogP contribution in [-0.4, -0.2) is 16.6 Å². The van der Waals surface area contributed by atoms with Crippen LogP contribution in [0.4, 0.5) is 0 Å². The molecule has 3 rings (SSSR count). The zero-order chi connectivity index (χ0) is 9.43. The summed E-state index contributed by atoms with van der Waals surface area (Å²) in [5.41, 5.74) is 1.36. The molecule has 0 spiro atoms. The van der Waals surface area contributed by atoms with Crippen LogP contribution in [0.2, 0.25) is 0 Å². The van der Waals surface area contributed by atoms with Crippen LogP contribution in [0.1, 0.15) is 27.2 Å². The molecule has 3 aliphatic rings. The fourth-order valence-corrected chi connectivity index (χ4v) is 3.45. The molecule has 0 aromatic rings. The quantitative estimate of drug-likeness (QED) is 0.613. The van der Waals surface area contributed by atoms with Gasteiger partial charge in [-0.3, -0.25) is 0 Å². The highest BCUT2D eigenvalue weighted by molar-refractivity contribution is 5.87. The van der Waals surface area contributed by atoms with Gasteiger partial charge in [0.05, 0.1) is 11.6 Å². The monoisotopic (exact) mass is 181 g/mol. The molecule has 0 radical (unpaired) electrons. The Hall–Kier alpha value is -0.570. The Labute approximate surface area is 77.8 Å². The lowest BCUT2D eigenvalue weighted by Crippen LogP contribution is -2.38. The number of hydrogen-bond acceptors (Lipinski definition) is 3. The van der Waals surface area contributed by atoms with E-state index in [1.807, 2.05) is 6.92 Å².